The summed E-state index contributed by atoms with van der Waals surface area (Å²) in [6.07, 6.45) is 0.510. The standard InChI is InChI=1S/C18H21NO/c1-14(2)17(19-16-11-7-4-8-12-16)13-18(20)15-9-5-3-6-10-15/h3-12,14,17,19H,13H2,1-2H3. The van der Waals surface area contributed by atoms with Crippen LogP contribution in [0.3, 0.4) is 0 Å². The van der Waals surface area contributed by atoms with Gasteiger partial charge in [0.25, 0.3) is 0 Å². The van der Waals surface area contributed by atoms with Crippen molar-refractivity contribution >= 4 is 11.5 Å². The van der Waals surface area contributed by atoms with E-state index in [1.807, 2.05) is 60.7 Å². The van der Waals surface area contributed by atoms with E-state index in [0.717, 1.165) is 11.3 Å². The molecule has 104 valence electrons. The normalized spacial score (nSPS) is 12.2. The molecule has 0 amide bonds. The van der Waals surface area contributed by atoms with E-state index in [2.05, 4.69) is 19.2 Å². The number of ketones is 1. The van der Waals surface area contributed by atoms with Crippen LogP contribution < -0.4 is 5.32 Å². The van der Waals surface area contributed by atoms with Crippen molar-refractivity contribution in [2.45, 2.75) is 26.3 Å². The highest BCUT2D eigenvalue weighted by Crippen LogP contribution is 2.17. The van der Waals surface area contributed by atoms with Gasteiger partial charge in [-0.25, -0.2) is 0 Å². The van der Waals surface area contributed by atoms with Gasteiger partial charge in [-0.2, -0.15) is 0 Å². The lowest BCUT2D eigenvalue weighted by Gasteiger charge is -2.23. The minimum absolute atomic E-state index is 0.144. The maximum Gasteiger partial charge on any atom is 0.164 e. The van der Waals surface area contributed by atoms with Gasteiger partial charge in [-0.15, -0.1) is 0 Å². The molecule has 0 radical (unpaired) electrons. The number of rotatable bonds is 6. The summed E-state index contributed by atoms with van der Waals surface area (Å²) in [7, 11) is 0. The lowest BCUT2D eigenvalue weighted by atomic mass is 9.95. The quantitative estimate of drug-likeness (QED) is 0.786. The van der Waals surface area contributed by atoms with Crippen LogP contribution in [0.2, 0.25) is 0 Å². The molecule has 1 atom stereocenters. The second kappa shape index (κ2) is 6.90. The summed E-state index contributed by atoms with van der Waals surface area (Å²) in [5.41, 5.74) is 1.85. The zero-order valence-corrected chi connectivity index (χ0v) is 12.0. The smallest absolute Gasteiger partial charge is 0.164 e. The Morgan fingerprint density at radius 2 is 1.50 bits per heavy atom. The Morgan fingerprint density at radius 1 is 0.950 bits per heavy atom. The van der Waals surface area contributed by atoms with Crippen LogP contribution >= 0.6 is 0 Å². The average molecular weight is 267 g/mol. The highest BCUT2D eigenvalue weighted by atomic mass is 16.1. The molecule has 0 spiro atoms. The predicted molar refractivity (Wildman–Crippen MR) is 84.1 cm³/mol. The first kappa shape index (κ1) is 14.3. The van der Waals surface area contributed by atoms with Gasteiger partial charge in [0, 0.05) is 23.7 Å². The van der Waals surface area contributed by atoms with Gasteiger partial charge >= 0.3 is 0 Å². The predicted octanol–water partition coefficient (Wildman–Crippen LogP) is 4.40. The van der Waals surface area contributed by atoms with Crippen LogP contribution in [0.25, 0.3) is 0 Å². The van der Waals surface area contributed by atoms with Crippen LogP contribution in [-0.4, -0.2) is 11.8 Å². The molecule has 2 rings (SSSR count). The van der Waals surface area contributed by atoms with Crippen molar-refractivity contribution in [2.24, 2.45) is 5.92 Å². The van der Waals surface area contributed by atoms with E-state index in [1.54, 1.807) is 0 Å². The molecule has 0 aliphatic heterocycles. The molecule has 2 heteroatoms. The molecule has 0 heterocycles. The number of nitrogens with one attached hydrogen (secondary N) is 1. The Labute approximate surface area is 120 Å². The van der Waals surface area contributed by atoms with Crippen molar-refractivity contribution in [1.29, 1.82) is 0 Å². The Kier molecular flexibility index (Phi) is 4.94. The Bertz CT molecular complexity index is 534. The first-order valence-electron chi connectivity index (χ1n) is 7.06. The van der Waals surface area contributed by atoms with Crippen LogP contribution in [0.5, 0.6) is 0 Å². The van der Waals surface area contributed by atoms with Crippen molar-refractivity contribution in [3.63, 3.8) is 0 Å². The maximum atomic E-state index is 12.3. The summed E-state index contributed by atoms with van der Waals surface area (Å²) in [6.45, 7) is 4.28. The lowest BCUT2D eigenvalue weighted by molar-refractivity contribution is 0.0970. The number of carbonyl (C=O) groups is 1. The molecule has 0 aliphatic rings. The van der Waals surface area contributed by atoms with Gasteiger partial charge in [-0.1, -0.05) is 62.4 Å². The second-order valence-corrected chi connectivity index (χ2v) is 5.35. The first-order chi connectivity index (χ1) is 9.66. The molecule has 2 aromatic carbocycles. The zero-order chi connectivity index (χ0) is 14.4. The zero-order valence-electron chi connectivity index (χ0n) is 12.0. The summed E-state index contributed by atoms with van der Waals surface area (Å²) in [5, 5.41) is 3.46. The molecule has 0 saturated carbocycles. The summed E-state index contributed by atoms with van der Waals surface area (Å²) < 4.78 is 0. The molecular weight excluding hydrogens is 246 g/mol. The second-order valence-electron chi connectivity index (χ2n) is 5.35. The average Bonchev–Trinajstić information content (AvgIpc) is 2.48. The summed E-state index contributed by atoms with van der Waals surface area (Å²) in [4.78, 5) is 12.3. The van der Waals surface area contributed by atoms with Crippen molar-refractivity contribution in [3.05, 3.63) is 66.2 Å². The van der Waals surface area contributed by atoms with Gasteiger partial charge in [0.15, 0.2) is 5.78 Å². The van der Waals surface area contributed by atoms with Crippen LogP contribution in [0, 0.1) is 5.92 Å². The van der Waals surface area contributed by atoms with E-state index in [-0.39, 0.29) is 11.8 Å². The monoisotopic (exact) mass is 267 g/mol. The summed E-state index contributed by atoms with van der Waals surface area (Å²) in [6, 6.07) is 19.7. The number of carbonyl (C=O) groups excluding carboxylic acids is 1. The molecule has 1 N–H and O–H groups in total. The van der Waals surface area contributed by atoms with Gasteiger partial charge in [0.1, 0.15) is 0 Å². The number of para-hydroxylation sites is 1. The number of benzene rings is 2. The van der Waals surface area contributed by atoms with E-state index in [0.29, 0.717) is 12.3 Å². The number of hydrogen-bond acceptors (Lipinski definition) is 2. The minimum Gasteiger partial charge on any atom is -0.382 e. The van der Waals surface area contributed by atoms with Crippen LogP contribution in [-0.2, 0) is 0 Å². The van der Waals surface area contributed by atoms with Gasteiger partial charge < -0.3 is 5.32 Å². The topological polar surface area (TPSA) is 29.1 Å². The molecule has 20 heavy (non-hydrogen) atoms. The van der Waals surface area contributed by atoms with Crippen LogP contribution in [0.1, 0.15) is 30.6 Å². The van der Waals surface area contributed by atoms with Gasteiger partial charge in [0.2, 0.25) is 0 Å². The molecule has 0 bridgehead atoms. The largest absolute Gasteiger partial charge is 0.382 e. The third-order valence-electron chi connectivity index (χ3n) is 3.43. The highest BCUT2D eigenvalue weighted by molar-refractivity contribution is 5.96. The molecule has 1 unspecified atom stereocenters. The fourth-order valence-corrected chi connectivity index (χ4v) is 2.14. The van der Waals surface area contributed by atoms with Crippen LogP contribution in [0.15, 0.2) is 60.7 Å². The minimum atomic E-state index is 0.144. The van der Waals surface area contributed by atoms with E-state index in [4.69, 9.17) is 0 Å². The third-order valence-corrected chi connectivity index (χ3v) is 3.43. The maximum absolute atomic E-state index is 12.3. The van der Waals surface area contributed by atoms with E-state index in [9.17, 15) is 4.79 Å². The third kappa shape index (κ3) is 3.95. The Hall–Kier alpha value is -2.09. The van der Waals surface area contributed by atoms with Gasteiger partial charge in [-0.3, -0.25) is 4.79 Å². The molecule has 0 saturated heterocycles. The van der Waals surface area contributed by atoms with Gasteiger partial charge in [0.05, 0.1) is 0 Å². The summed E-state index contributed by atoms with van der Waals surface area (Å²) in [5.74, 6) is 0.579. The molecule has 0 fully saturated rings. The number of Topliss-reactive ketones (excluding diaryl/α,β-unsaturated/α-hetero) is 1. The molecule has 2 nitrogen and oxygen atoms in total. The molecule has 2 aromatic rings. The van der Waals surface area contributed by atoms with Crippen molar-refractivity contribution in [1.82, 2.24) is 0 Å². The lowest BCUT2D eigenvalue weighted by Crippen LogP contribution is -2.28. The van der Waals surface area contributed by atoms with E-state index >= 15 is 0 Å². The van der Waals surface area contributed by atoms with Crippen molar-refractivity contribution in [3.8, 4) is 0 Å². The van der Waals surface area contributed by atoms with Crippen molar-refractivity contribution < 1.29 is 4.79 Å². The fraction of sp³-hybridized carbons (Fsp3) is 0.278. The molecule has 0 aliphatic carbocycles. The summed E-state index contributed by atoms with van der Waals surface area (Å²) >= 11 is 0. The first-order valence-corrected chi connectivity index (χ1v) is 7.06. The van der Waals surface area contributed by atoms with Crippen molar-refractivity contribution in [2.75, 3.05) is 5.32 Å². The highest BCUT2D eigenvalue weighted by Gasteiger charge is 2.18. The Balaban J connectivity index is 2.05. The van der Waals surface area contributed by atoms with Crippen LogP contribution in [0.4, 0.5) is 5.69 Å². The van der Waals surface area contributed by atoms with E-state index in [1.165, 1.54) is 0 Å². The fourth-order valence-electron chi connectivity index (χ4n) is 2.14. The Morgan fingerprint density at radius 3 is 2.05 bits per heavy atom. The SMILES string of the molecule is CC(C)C(CC(=O)c1ccccc1)Nc1ccccc1. The number of anilines is 1. The molecular formula is C18H21NO. The van der Waals surface area contributed by atoms with E-state index < -0.39 is 0 Å². The number of hydrogen-bond donors (Lipinski definition) is 1. The molecule has 0 aromatic heterocycles. The van der Waals surface area contributed by atoms with Gasteiger partial charge in [-0.05, 0) is 18.1 Å².